The second-order valence-corrected chi connectivity index (χ2v) is 7.08. The van der Waals surface area contributed by atoms with Gasteiger partial charge in [0, 0.05) is 5.56 Å². The van der Waals surface area contributed by atoms with Gasteiger partial charge in [-0.15, -0.1) is 0 Å². The second kappa shape index (κ2) is 8.68. The molecule has 164 valence electrons. The van der Waals surface area contributed by atoms with Crippen molar-refractivity contribution in [1.82, 2.24) is 10.2 Å². The Morgan fingerprint density at radius 3 is 2.52 bits per heavy atom. The number of β-amino-alcohol motifs (C(OH)–C–C–N with tert-alkyl or cyclic N) is 1. The summed E-state index contributed by atoms with van der Waals surface area (Å²) < 4.78 is 37.7. The zero-order valence-electron chi connectivity index (χ0n) is 16.7. The minimum atomic E-state index is -1.81. The molecule has 0 unspecified atom stereocenters. The molecule has 3 rings (SSSR count). The van der Waals surface area contributed by atoms with Crippen molar-refractivity contribution in [3.8, 4) is 5.75 Å². The SMILES string of the molecule is COC(=O)c1ccc(OC[C@@H](O)CN2C(=O)N[C@](C)(c3cc(F)ccc3F)C2=O)cc1. The van der Waals surface area contributed by atoms with E-state index < -0.39 is 47.7 Å². The van der Waals surface area contributed by atoms with E-state index in [0.717, 1.165) is 23.1 Å². The van der Waals surface area contributed by atoms with Crippen LogP contribution in [0.2, 0.25) is 0 Å². The second-order valence-electron chi connectivity index (χ2n) is 7.08. The largest absolute Gasteiger partial charge is 0.491 e. The van der Waals surface area contributed by atoms with Crippen LogP contribution in [0.1, 0.15) is 22.8 Å². The Morgan fingerprint density at radius 2 is 1.87 bits per heavy atom. The maximum atomic E-state index is 14.2. The molecule has 0 bridgehead atoms. The molecular formula is C21H20F2N2O6. The molecule has 2 atom stereocenters. The first kappa shape index (κ1) is 22.2. The third-order valence-corrected chi connectivity index (χ3v) is 4.85. The fraction of sp³-hybridized carbons (Fsp3) is 0.286. The van der Waals surface area contributed by atoms with Gasteiger partial charge in [-0.2, -0.15) is 0 Å². The predicted octanol–water partition coefficient (Wildman–Crippen LogP) is 1.96. The number of benzene rings is 2. The van der Waals surface area contributed by atoms with Gasteiger partial charge in [0.05, 0.1) is 19.2 Å². The summed E-state index contributed by atoms with van der Waals surface area (Å²) in [5.41, 5.74) is -1.81. The molecule has 1 saturated heterocycles. The summed E-state index contributed by atoms with van der Waals surface area (Å²) in [6.07, 6.45) is -1.25. The normalized spacial score (nSPS) is 19.2. The molecule has 2 aromatic rings. The predicted molar refractivity (Wildman–Crippen MR) is 103 cm³/mol. The maximum Gasteiger partial charge on any atom is 0.337 e. The highest BCUT2D eigenvalue weighted by Gasteiger charge is 2.50. The van der Waals surface area contributed by atoms with Gasteiger partial charge in [-0.1, -0.05) is 0 Å². The molecule has 0 aromatic heterocycles. The highest BCUT2D eigenvalue weighted by Crippen LogP contribution is 2.31. The van der Waals surface area contributed by atoms with Gasteiger partial charge in [0.15, 0.2) is 0 Å². The molecule has 8 nitrogen and oxygen atoms in total. The minimum absolute atomic E-state index is 0.264. The Bertz CT molecular complexity index is 1010. The molecule has 31 heavy (non-hydrogen) atoms. The van der Waals surface area contributed by atoms with Crippen molar-refractivity contribution < 1.29 is 37.7 Å². The van der Waals surface area contributed by atoms with E-state index in [1.807, 2.05) is 0 Å². The summed E-state index contributed by atoms with van der Waals surface area (Å²) in [5.74, 6) is -2.61. The molecule has 2 aromatic carbocycles. The van der Waals surface area contributed by atoms with Crippen molar-refractivity contribution >= 4 is 17.9 Å². The first-order valence-electron chi connectivity index (χ1n) is 9.24. The Kier molecular flexibility index (Phi) is 6.21. The van der Waals surface area contributed by atoms with E-state index in [1.54, 1.807) is 0 Å². The molecule has 1 aliphatic heterocycles. The van der Waals surface area contributed by atoms with Gasteiger partial charge in [0.2, 0.25) is 0 Å². The van der Waals surface area contributed by atoms with E-state index in [4.69, 9.17) is 4.74 Å². The highest BCUT2D eigenvalue weighted by atomic mass is 19.1. The number of imide groups is 1. The molecule has 1 fully saturated rings. The van der Waals surface area contributed by atoms with Crippen LogP contribution in [0.25, 0.3) is 0 Å². The molecule has 0 radical (unpaired) electrons. The van der Waals surface area contributed by atoms with Crippen molar-refractivity contribution in [2.45, 2.75) is 18.6 Å². The lowest BCUT2D eigenvalue weighted by Gasteiger charge is -2.23. The number of nitrogens with one attached hydrogen (secondary N) is 1. The van der Waals surface area contributed by atoms with Gasteiger partial charge in [-0.25, -0.2) is 18.4 Å². The van der Waals surface area contributed by atoms with Crippen molar-refractivity contribution in [2.24, 2.45) is 0 Å². The van der Waals surface area contributed by atoms with Crippen molar-refractivity contribution in [3.63, 3.8) is 0 Å². The van der Waals surface area contributed by atoms with Gasteiger partial charge in [-0.3, -0.25) is 9.69 Å². The van der Waals surface area contributed by atoms with E-state index in [0.29, 0.717) is 11.3 Å². The summed E-state index contributed by atoms with van der Waals surface area (Å²) in [6.45, 7) is 0.577. The fourth-order valence-electron chi connectivity index (χ4n) is 3.19. The minimum Gasteiger partial charge on any atom is -0.491 e. The number of carbonyl (C=O) groups is 3. The summed E-state index contributed by atoms with van der Waals surface area (Å²) in [4.78, 5) is 37.2. The smallest absolute Gasteiger partial charge is 0.337 e. The Morgan fingerprint density at radius 1 is 1.19 bits per heavy atom. The van der Waals surface area contributed by atoms with E-state index in [9.17, 15) is 28.3 Å². The van der Waals surface area contributed by atoms with Crippen LogP contribution in [0.5, 0.6) is 5.75 Å². The number of amides is 3. The van der Waals surface area contributed by atoms with Crippen LogP contribution in [0.3, 0.4) is 0 Å². The number of rotatable bonds is 7. The number of urea groups is 1. The molecule has 1 aliphatic rings. The Balaban J connectivity index is 1.64. The van der Waals surface area contributed by atoms with Crippen LogP contribution in [-0.4, -0.2) is 54.3 Å². The van der Waals surface area contributed by atoms with Crippen LogP contribution < -0.4 is 10.1 Å². The first-order chi connectivity index (χ1) is 14.7. The summed E-state index contributed by atoms with van der Waals surface area (Å²) >= 11 is 0. The number of hydrogen-bond acceptors (Lipinski definition) is 6. The summed E-state index contributed by atoms with van der Waals surface area (Å²) in [7, 11) is 1.26. The molecule has 0 saturated carbocycles. The number of aliphatic hydroxyl groups is 1. The molecule has 0 spiro atoms. The van der Waals surface area contributed by atoms with Crippen molar-refractivity contribution in [3.05, 3.63) is 65.2 Å². The number of ether oxygens (including phenoxy) is 2. The van der Waals surface area contributed by atoms with Crippen LogP contribution >= 0.6 is 0 Å². The van der Waals surface area contributed by atoms with Crippen molar-refractivity contribution in [2.75, 3.05) is 20.3 Å². The zero-order chi connectivity index (χ0) is 22.8. The molecule has 0 aliphatic carbocycles. The zero-order valence-corrected chi connectivity index (χ0v) is 16.7. The number of methoxy groups -OCH3 is 1. The van der Waals surface area contributed by atoms with Crippen LogP contribution in [-0.2, 0) is 15.1 Å². The Hall–Kier alpha value is -3.53. The standard InChI is InChI=1S/C21H20F2N2O6/c1-21(16-9-13(22)5-8-17(16)23)19(28)25(20(29)24-21)10-14(26)11-31-15-6-3-12(4-7-15)18(27)30-2/h3-9,14,26H,10-11H2,1-2H3,(H,24,29)/t14-,21+/m0/s1. The van der Waals surface area contributed by atoms with Gasteiger partial charge in [-0.05, 0) is 49.4 Å². The third-order valence-electron chi connectivity index (χ3n) is 4.85. The number of nitrogens with zero attached hydrogens (tertiary/aromatic N) is 1. The highest BCUT2D eigenvalue weighted by molar-refractivity contribution is 6.07. The summed E-state index contributed by atoms with van der Waals surface area (Å²) in [6, 6.07) is 7.71. The average molecular weight is 434 g/mol. The number of carbonyl (C=O) groups excluding carboxylic acids is 3. The fourth-order valence-corrected chi connectivity index (χ4v) is 3.19. The lowest BCUT2D eigenvalue weighted by atomic mass is 9.91. The van der Waals surface area contributed by atoms with Crippen LogP contribution in [0.4, 0.5) is 13.6 Å². The quantitative estimate of drug-likeness (QED) is 0.510. The van der Waals surface area contributed by atoms with Gasteiger partial charge < -0.3 is 19.9 Å². The molecule has 10 heteroatoms. The molecule has 2 N–H and O–H groups in total. The average Bonchev–Trinajstić information content (AvgIpc) is 2.97. The first-order valence-corrected chi connectivity index (χ1v) is 9.24. The van der Waals surface area contributed by atoms with E-state index in [2.05, 4.69) is 10.1 Å². The lowest BCUT2D eigenvalue weighted by Crippen LogP contribution is -2.43. The summed E-state index contributed by atoms with van der Waals surface area (Å²) in [5, 5.41) is 12.6. The number of esters is 1. The maximum absolute atomic E-state index is 14.2. The third kappa shape index (κ3) is 4.48. The van der Waals surface area contributed by atoms with Crippen LogP contribution in [0.15, 0.2) is 42.5 Å². The number of halogens is 2. The van der Waals surface area contributed by atoms with E-state index >= 15 is 0 Å². The number of hydrogen-bond donors (Lipinski definition) is 2. The van der Waals surface area contributed by atoms with E-state index in [-0.39, 0.29) is 12.2 Å². The Labute approximate surface area is 176 Å². The molecular weight excluding hydrogens is 414 g/mol. The van der Waals surface area contributed by atoms with E-state index in [1.165, 1.54) is 38.3 Å². The monoisotopic (exact) mass is 434 g/mol. The van der Waals surface area contributed by atoms with Gasteiger partial charge in [0.1, 0.15) is 35.6 Å². The topological polar surface area (TPSA) is 105 Å². The molecule has 3 amide bonds. The van der Waals surface area contributed by atoms with Crippen molar-refractivity contribution in [1.29, 1.82) is 0 Å². The van der Waals surface area contributed by atoms with Crippen LogP contribution in [0, 0.1) is 11.6 Å². The van der Waals surface area contributed by atoms with Gasteiger partial charge in [0.25, 0.3) is 5.91 Å². The number of aliphatic hydroxyl groups excluding tert-OH is 1. The molecule has 1 heterocycles. The lowest BCUT2D eigenvalue weighted by molar-refractivity contribution is -0.132. The van der Waals surface area contributed by atoms with Gasteiger partial charge >= 0.3 is 12.0 Å².